The monoisotopic (exact) mass is 362 g/mol. The Bertz CT molecular complexity index is 915. The number of nitrogens with zero attached hydrogens (tertiary/aromatic N) is 2. The average molecular weight is 362 g/mol. The van der Waals surface area contributed by atoms with Gasteiger partial charge >= 0.3 is 0 Å². The molecule has 0 N–H and O–H groups in total. The first-order valence-corrected chi connectivity index (χ1v) is 9.58. The Balaban J connectivity index is 2.01. The van der Waals surface area contributed by atoms with Crippen molar-refractivity contribution in [3.8, 4) is 0 Å². The minimum absolute atomic E-state index is 0.0270. The number of anilines is 1. The van der Waals surface area contributed by atoms with Crippen LogP contribution in [0.4, 0.5) is 5.69 Å². The second-order valence-electron chi connectivity index (χ2n) is 6.67. The van der Waals surface area contributed by atoms with E-state index in [1.807, 2.05) is 24.3 Å². The van der Waals surface area contributed by atoms with Gasteiger partial charge in [0, 0.05) is 32.4 Å². The number of amides is 1. The quantitative estimate of drug-likeness (QED) is 0.842. The first-order valence-electron chi connectivity index (χ1n) is 8.14. The Labute approximate surface area is 148 Å². The lowest BCUT2D eigenvalue weighted by Crippen LogP contribution is -2.39. The lowest BCUT2D eigenvalue weighted by molar-refractivity contribution is 0.0953. The van der Waals surface area contributed by atoms with Gasteiger partial charge in [0.15, 0.2) is 5.76 Å². The van der Waals surface area contributed by atoms with Crippen molar-refractivity contribution in [2.24, 2.45) is 5.92 Å². The molecule has 1 unspecified atom stereocenters. The fraction of sp³-hybridized carbons (Fsp3) is 0.389. The number of carbonyl (C=O) groups excluding carboxylic acids is 1. The SMILES string of the molecule is Cc1oc(C(=O)N2CC(C)Cc3ccccc32)cc1S(=O)(=O)N(C)C. The summed E-state index contributed by atoms with van der Waals surface area (Å²) < 4.78 is 31.3. The van der Waals surface area contributed by atoms with Crippen LogP contribution in [0.3, 0.4) is 0 Å². The van der Waals surface area contributed by atoms with Crippen molar-refractivity contribution in [3.05, 3.63) is 47.4 Å². The van der Waals surface area contributed by atoms with Gasteiger partial charge in [-0.05, 0) is 30.9 Å². The fourth-order valence-electron chi connectivity index (χ4n) is 3.15. The van der Waals surface area contributed by atoms with Gasteiger partial charge in [0.25, 0.3) is 5.91 Å². The molecule has 1 aromatic heterocycles. The van der Waals surface area contributed by atoms with Crippen molar-refractivity contribution in [1.29, 1.82) is 0 Å². The molecule has 0 fully saturated rings. The molecule has 1 atom stereocenters. The van der Waals surface area contributed by atoms with Gasteiger partial charge in [-0.2, -0.15) is 0 Å². The summed E-state index contributed by atoms with van der Waals surface area (Å²) in [5, 5.41) is 0. The van der Waals surface area contributed by atoms with Gasteiger partial charge in [0.05, 0.1) is 0 Å². The number of carbonyl (C=O) groups is 1. The molecule has 0 radical (unpaired) electrons. The Morgan fingerprint density at radius 2 is 1.96 bits per heavy atom. The second kappa shape index (κ2) is 6.31. The van der Waals surface area contributed by atoms with E-state index in [-0.39, 0.29) is 22.3 Å². The maximum absolute atomic E-state index is 13.0. The van der Waals surface area contributed by atoms with Crippen molar-refractivity contribution in [2.75, 3.05) is 25.5 Å². The molecule has 1 aliphatic rings. The molecular weight excluding hydrogens is 340 g/mol. The standard InChI is InChI=1S/C18H22N2O4S/c1-12-9-14-7-5-6-8-15(14)20(11-12)18(21)16-10-17(13(2)24-16)25(22,23)19(3)4/h5-8,10,12H,9,11H2,1-4H3. The lowest BCUT2D eigenvalue weighted by atomic mass is 9.94. The third-order valence-electron chi connectivity index (χ3n) is 4.43. The number of sulfonamides is 1. The molecule has 25 heavy (non-hydrogen) atoms. The molecule has 7 heteroatoms. The van der Waals surface area contributed by atoms with Crippen LogP contribution < -0.4 is 4.90 Å². The smallest absolute Gasteiger partial charge is 0.294 e. The molecule has 0 aliphatic carbocycles. The van der Waals surface area contributed by atoms with Gasteiger partial charge in [0.1, 0.15) is 10.7 Å². The zero-order valence-electron chi connectivity index (χ0n) is 14.8. The van der Waals surface area contributed by atoms with Crippen LogP contribution in [-0.2, 0) is 16.4 Å². The largest absolute Gasteiger partial charge is 0.455 e. The van der Waals surface area contributed by atoms with E-state index in [1.165, 1.54) is 20.2 Å². The lowest BCUT2D eigenvalue weighted by Gasteiger charge is -2.32. The number of fused-ring (bicyclic) bond motifs is 1. The van der Waals surface area contributed by atoms with Gasteiger partial charge in [-0.25, -0.2) is 12.7 Å². The van der Waals surface area contributed by atoms with Crippen molar-refractivity contribution < 1.29 is 17.6 Å². The van der Waals surface area contributed by atoms with Crippen LogP contribution in [-0.4, -0.2) is 39.3 Å². The minimum atomic E-state index is -3.65. The van der Waals surface area contributed by atoms with Crippen molar-refractivity contribution in [1.82, 2.24) is 4.31 Å². The van der Waals surface area contributed by atoms with E-state index in [0.717, 1.165) is 22.0 Å². The van der Waals surface area contributed by atoms with E-state index in [1.54, 1.807) is 11.8 Å². The summed E-state index contributed by atoms with van der Waals surface area (Å²) in [5.41, 5.74) is 1.97. The third kappa shape index (κ3) is 3.09. The number of aryl methyl sites for hydroxylation is 1. The zero-order chi connectivity index (χ0) is 18.4. The van der Waals surface area contributed by atoms with E-state index in [2.05, 4.69) is 6.92 Å². The van der Waals surface area contributed by atoms with Crippen LogP contribution in [0.25, 0.3) is 0 Å². The number of benzene rings is 1. The molecule has 6 nitrogen and oxygen atoms in total. The number of hydrogen-bond donors (Lipinski definition) is 0. The van der Waals surface area contributed by atoms with Crippen LogP contribution in [0.5, 0.6) is 0 Å². The molecule has 2 aromatic rings. The Kier molecular flexibility index (Phi) is 4.47. The van der Waals surface area contributed by atoms with E-state index < -0.39 is 10.0 Å². The molecule has 0 bridgehead atoms. The van der Waals surface area contributed by atoms with Crippen LogP contribution >= 0.6 is 0 Å². The maximum Gasteiger partial charge on any atom is 0.294 e. The topological polar surface area (TPSA) is 70.8 Å². The molecule has 1 aliphatic heterocycles. The number of rotatable bonds is 3. The van der Waals surface area contributed by atoms with Crippen molar-refractivity contribution >= 4 is 21.6 Å². The highest BCUT2D eigenvalue weighted by molar-refractivity contribution is 7.89. The second-order valence-corrected chi connectivity index (χ2v) is 8.79. The normalized spacial score (nSPS) is 17.6. The molecular formula is C18H22N2O4S. The average Bonchev–Trinajstić information content (AvgIpc) is 2.95. The van der Waals surface area contributed by atoms with E-state index in [0.29, 0.717) is 12.5 Å². The summed E-state index contributed by atoms with van der Waals surface area (Å²) in [7, 11) is -0.753. The van der Waals surface area contributed by atoms with Crippen LogP contribution in [0.1, 0.15) is 28.8 Å². The molecule has 0 spiro atoms. The molecule has 2 heterocycles. The summed E-state index contributed by atoms with van der Waals surface area (Å²) in [4.78, 5) is 14.7. The van der Waals surface area contributed by atoms with Crippen LogP contribution in [0, 0.1) is 12.8 Å². The molecule has 0 saturated heterocycles. The van der Waals surface area contributed by atoms with Crippen LogP contribution in [0.15, 0.2) is 39.6 Å². The molecule has 0 saturated carbocycles. The summed E-state index contributed by atoms with van der Waals surface area (Å²) in [5.74, 6) is 0.263. The Morgan fingerprint density at radius 1 is 1.28 bits per heavy atom. The summed E-state index contributed by atoms with van der Waals surface area (Å²) >= 11 is 0. The fourth-order valence-corrected chi connectivity index (χ4v) is 4.20. The molecule has 3 rings (SSSR count). The number of furan rings is 1. The van der Waals surface area contributed by atoms with Gasteiger partial charge in [-0.3, -0.25) is 4.79 Å². The van der Waals surface area contributed by atoms with Crippen molar-refractivity contribution in [2.45, 2.75) is 25.2 Å². The first kappa shape index (κ1) is 17.7. The van der Waals surface area contributed by atoms with Gasteiger partial charge < -0.3 is 9.32 Å². The van der Waals surface area contributed by atoms with Crippen molar-refractivity contribution in [3.63, 3.8) is 0 Å². The first-order chi connectivity index (χ1) is 11.7. The molecule has 1 amide bonds. The summed E-state index contributed by atoms with van der Waals surface area (Å²) in [6.45, 7) is 4.22. The Hall–Kier alpha value is -2.12. The highest BCUT2D eigenvalue weighted by atomic mass is 32.2. The summed E-state index contributed by atoms with van der Waals surface area (Å²) in [6, 6.07) is 9.10. The van der Waals surface area contributed by atoms with E-state index >= 15 is 0 Å². The van der Waals surface area contributed by atoms with Crippen LogP contribution in [0.2, 0.25) is 0 Å². The number of hydrogen-bond acceptors (Lipinski definition) is 4. The molecule has 1 aromatic carbocycles. The van der Waals surface area contributed by atoms with E-state index in [4.69, 9.17) is 4.42 Å². The minimum Gasteiger partial charge on any atom is -0.455 e. The van der Waals surface area contributed by atoms with Gasteiger partial charge in [-0.1, -0.05) is 25.1 Å². The predicted molar refractivity (Wildman–Crippen MR) is 95.3 cm³/mol. The molecule has 134 valence electrons. The van der Waals surface area contributed by atoms with Gasteiger partial charge in [-0.15, -0.1) is 0 Å². The highest BCUT2D eigenvalue weighted by Crippen LogP contribution is 2.32. The zero-order valence-corrected chi connectivity index (χ0v) is 15.6. The maximum atomic E-state index is 13.0. The predicted octanol–water partition coefficient (Wildman–Crippen LogP) is 2.68. The Morgan fingerprint density at radius 3 is 2.64 bits per heavy atom. The van der Waals surface area contributed by atoms with Gasteiger partial charge in [0.2, 0.25) is 10.0 Å². The third-order valence-corrected chi connectivity index (χ3v) is 6.35. The highest BCUT2D eigenvalue weighted by Gasteiger charge is 2.31. The van der Waals surface area contributed by atoms with E-state index in [9.17, 15) is 13.2 Å². The summed E-state index contributed by atoms with van der Waals surface area (Å²) in [6.07, 6.45) is 0.914. The number of para-hydroxylation sites is 1.